The van der Waals surface area contributed by atoms with Gasteiger partial charge in [-0.1, -0.05) is 28.1 Å². The topological polar surface area (TPSA) is 3.24 Å². The van der Waals surface area contributed by atoms with Gasteiger partial charge in [0.2, 0.25) is 0 Å². The Hall–Kier alpha value is -0.0500. The summed E-state index contributed by atoms with van der Waals surface area (Å²) < 4.78 is 2.72. The van der Waals surface area contributed by atoms with E-state index < -0.39 is 0 Å². The van der Waals surface area contributed by atoms with Crippen molar-refractivity contribution in [2.24, 2.45) is 0 Å². The van der Waals surface area contributed by atoms with E-state index in [0.29, 0.717) is 0 Å². The summed E-state index contributed by atoms with van der Waals surface area (Å²) in [5.74, 6) is 0. The maximum atomic E-state index is 5.67. The van der Waals surface area contributed by atoms with Crippen LogP contribution in [0.1, 0.15) is 5.56 Å². The summed E-state index contributed by atoms with van der Waals surface area (Å²) in [5.41, 5.74) is 1.21. The van der Waals surface area contributed by atoms with Crippen molar-refractivity contribution in [1.29, 1.82) is 0 Å². The summed E-state index contributed by atoms with van der Waals surface area (Å²) in [4.78, 5) is 0. The van der Waals surface area contributed by atoms with Crippen molar-refractivity contribution in [3.05, 3.63) is 34.3 Å². The molecule has 11 heavy (non-hydrogen) atoms. The monoisotopic (exact) mass is 233 g/mol. The molecule has 0 N–H and O–H groups in total. The molecule has 0 aliphatic rings. The molecule has 0 amide bonds. The molecule has 0 aliphatic heterocycles. The molecule has 0 saturated carbocycles. The summed E-state index contributed by atoms with van der Waals surface area (Å²) >= 11 is 9.04. The number of hydrogen-bond acceptors (Lipinski definition) is 1. The van der Waals surface area contributed by atoms with Crippen molar-refractivity contribution in [3.8, 4) is 0 Å². The maximum absolute atomic E-state index is 5.67. The second kappa shape index (κ2) is 4.10. The van der Waals surface area contributed by atoms with Crippen molar-refractivity contribution in [3.63, 3.8) is 0 Å². The van der Waals surface area contributed by atoms with Crippen LogP contribution in [0.15, 0.2) is 28.7 Å². The standard InChI is InChI=1S/C8H9BrClN/c1-11(10)6-7-2-4-8(9)5-3-7/h2-5H,6H2,1H3. The van der Waals surface area contributed by atoms with E-state index in [1.807, 2.05) is 31.3 Å². The molecule has 0 unspecified atom stereocenters. The van der Waals surface area contributed by atoms with E-state index in [4.69, 9.17) is 11.8 Å². The lowest BCUT2D eigenvalue weighted by atomic mass is 10.2. The van der Waals surface area contributed by atoms with E-state index in [9.17, 15) is 0 Å². The Morgan fingerprint density at radius 2 is 1.91 bits per heavy atom. The second-order valence-corrected chi connectivity index (χ2v) is 3.88. The maximum Gasteiger partial charge on any atom is 0.0386 e. The molecule has 0 saturated heterocycles. The highest BCUT2D eigenvalue weighted by Gasteiger charge is 1.94. The molecule has 1 rings (SSSR count). The molecule has 1 aromatic carbocycles. The third-order valence-electron chi connectivity index (χ3n) is 1.31. The molecule has 1 nitrogen and oxygen atoms in total. The van der Waals surface area contributed by atoms with Gasteiger partial charge in [0.25, 0.3) is 0 Å². The van der Waals surface area contributed by atoms with Crippen LogP contribution in [-0.2, 0) is 6.54 Å². The Morgan fingerprint density at radius 1 is 1.36 bits per heavy atom. The Morgan fingerprint density at radius 3 is 2.36 bits per heavy atom. The number of benzene rings is 1. The van der Waals surface area contributed by atoms with Gasteiger partial charge < -0.3 is 0 Å². The van der Waals surface area contributed by atoms with Crippen LogP contribution in [0.3, 0.4) is 0 Å². The average molecular weight is 235 g/mol. The second-order valence-electron chi connectivity index (χ2n) is 2.39. The lowest BCUT2D eigenvalue weighted by Gasteiger charge is -2.05. The molecule has 0 heterocycles. The number of rotatable bonds is 2. The van der Waals surface area contributed by atoms with Crippen LogP contribution in [-0.4, -0.2) is 11.5 Å². The molecule has 1 aromatic rings. The predicted molar refractivity (Wildman–Crippen MR) is 51.5 cm³/mol. The zero-order valence-electron chi connectivity index (χ0n) is 6.22. The first kappa shape index (κ1) is 9.04. The van der Waals surface area contributed by atoms with Gasteiger partial charge >= 0.3 is 0 Å². The summed E-state index contributed by atoms with van der Waals surface area (Å²) in [5, 5.41) is 0. The van der Waals surface area contributed by atoms with Crippen LogP contribution in [0, 0.1) is 0 Å². The largest absolute Gasteiger partial charge is 0.219 e. The van der Waals surface area contributed by atoms with Gasteiger partial charge in [0, 0.05) is 18.1 Å². The van der Waals surface area contributed by atoms with Crippen LogP contribution >= 0.6 is 27.7 Å². The Balaban J connectivity index is 2.66. The van der Waals surface area contributed by atoms with Crippen molar-refractivity contribution >= 4 is 27.7 Å². The first-order chi connectivity index (χ1) is 5.18. The zero-order chi connectivity index (χ0) is 8.27. The first-order valence-electron chi connectivity index (χ1n) is 3.30. The van der Waals surface area contributed by atoms with E-state index in [-0.39, 0.29) is 0 Å². The normalized spacial score (nSPS) is 10.5. The highest BCUT2D eigenvalue weighted by Crippen LogP contribution is 2.11. The molecule has 0 atom stereocenters. The molecule has 60 valence electrons. The van der Waals surface area contributed by atoms with Crippen molar-refractivity contribution in [2.45, 2.75) is 6.54 Å². The van der Waals surface area contributed by atoms with Gasteiger partial charge in [0.15, 0.2) is 0 Å². The summed E-state index contributed by atoms with van der Waals surface area (Å²) in [6.45, 7) is 0.773. The third kappa shape index (κ3) is 3.23. The highest BCUT2D eigenvalue weighted by atomic mass is 79.9. The van der Waals surface area contributed by atoms with Crippen molar-refractivity contribution in [1.82, 2.24) is 4.42 Å². The van der Waals surface area contributed by atoms with Crippen LogP contribution in [0.2, 0.25) is 0 Å². The predicted octanol–water partition coefficient (Wildman–Crippen LogP) is 3.03. The molecule has 0 radical (unpaired) electrons. The van der Waals surface area contributed by atoms with Crippen LogP contribution in [0.25, 0.3) is 0 Å². The van der Waals surface area contributed by atoms with Gasteiger partial charge in [-0.05, 0) is 29.5 Å². The molecule has 0 fully saturated rings. The SMILES string of the molecule is CN(Cl)Cc1ccc(Br)cc1. The minimum atomic E-state index is 0.773. The summed E-state index contributed by atoms with van der Waals surface area (Å²) in [6, 6.07) is 8.11. The van der Waals surface area contributed by atoms with Crippen molar-refractivity contribution in [2.75, 3.05) is 7.05 Å². The van der Waals surface area contributed by atoms with Gasteiger partial charge in [0.1, 0.15) is 0 Å². The first-order valence-corrected chi connectivity index (χ1v) is 4.43. The van der Waals surface area contributed by atoms with E-state index in [2.05, 4.69) is 15.9 Å². The fourth-order valence-electron chi connectivity index (χ4n) is 0.841. The number of hydrogen-bond donors (Lipinski definition) is 0. The van der Waals surface area contributed by atoms with E-state index in [0.717, 1.165) is 11.0 Å². The lowest BCUT2D eigenvalue weighted by Crippen LogP contribution is -2.03. The van der Waals surface area contributed by atoms with Gasteiger partial charge in [-0.15, -0.1) is 0 Å². The van der Waals surface area contributed by atoms with Gasteiger partial charge in [0.05, 0.1) is 0 Å². The Kier molecular flexibility index (Phi) is 3.37. The number of halogens is 2. The van der Waals surface area contributed by atoms with Crippen LogP contribution < -0.4 is 0 Å². The van der Waals surface area contributed by atoms with Gasteiger partial charge in [-0.2, -0.15) is 0 Å². The van der Waals surface area contributed by atoms with E-state index in [1.54, 1.807) is 4.42 Å². The fraction of sp³-hybridized carbons (Fsp3) is 0.250. The molecular formula is C8H9BrClN. The van der Waals surface area contributed by atoms with Gasteiger partial charge in [-0.3, -0.25) is 0 Å². The third-order valence-corrected chi connectivity index (χ3v) is 1.96. The Labute approximate surface area is 80.2 Å². The fourth-order valence-corrected chi connectivity index (χ4v) is 1.24. The van der Waals surface area contributed by atoms with Crippen LogP contribution in [0.5, 0.6) is 0 Å². The van der Waals surface area contributed by atoms with E-state index >= 15 is 0 Å². The lowest BCUT2D eigenvalue weighted by molar-refractivity contribution is 0.546. The molecule has 3 heteroatoms. The van der Waals surface area contributed by atoms with Crippen molar-refractivity contribution < 1.29 is 0 Å². The van der Waals surface area contributed by atoms with Crippen LogP contribution in [0.4, 0.5) is 0 Å². The van der Waals surface area contributed by atoms with E-state index in [1.165, 1.54) is 5.56 Å². The van der Waals surface area contributed by atoms with Gasteiger partial charge in [-0.25, -0.2) is 4.42 Å². The molecule has 0 aliphatic carbocycles. The number of nitrogens with zero attached hydrogens (tertiary/aromatic N) is 1. The highest BCUT2D eigenvalue weighted by molar-refractivity contribution is 9.10. The molecular weight excluding hydrogens is 225 g/mol. The minimum absolute atomic E-state index is 0.773. The summed E-state index contributed by atoms with van der Waals surface area (Å²) in [6.07, 6.45) is 0. The Bertz CT molecular complexity index is 220. The smallest absolute Gasteiger partial charge is 0.0386 e. The summed E-state index contributed by atoms with van der Waals surface area (Å²) in [7, 11) is 1.84. The quantitative estimate of drug-likeness (QED) is 0.711. The molecule has 0 spiro atoms. The average Bonchev–Trinajstić information content (AvgIpc) is 1.93. The molecule has 0 bridgehead atoms. The zero-order valence-corrected chi connectivity index (χ0v) is 8.56. The molecule has 0 aromatic heterocycles. The minimum Gasteiger partial charge on any atom is -0.219 e.